The Kier molecular flexibility index (Phi) is 5.91. The summed E-state index contributed by atoms with van der Waals surface area (Å²) >= 11 is 0. The van der Waals surface area contributed by atoms with Gasteiger partial charge in [-0.25, -0.2) is 4.98 Å². The van der Waals surface area contributed by atoms with Gasteiger partial charge in [0.15, 0.2) is 0 Å². The zero-order chi connectivity index (χ0) is 20.7. The molecule has 6 atom stereocenters. The smallest absolute Gasteiger partial charge is 0.141 e. The molecular formula is C27H40N2. The van der Waals surface area contributed by atoms with Crippen LogP contribution in [0.3, 0.4) is 0 Å². The molecule has 4 aliphatic rings. The minimum Gasteiger partial charge on any atom is -0.324 e. The molecule has 6 rings (SSSR count). The van der Waals surface area contributed by atoms with Crippen molar-refractivity contribution in [2.45, 2.75) is 92.0 Å². The molecule has 3 aliphatic carbocycles. The van der Waals surface area contributed by atoms with Gasteiger partial charge in [0, 0.05) is 23.2 Å². The minimum absolute atomic E-state index is 0.680. The molecular weight excluding hydrogens is 352 g/mol. The lowest BCUT2D eigenvalue weighted by molar-refractivity contribution is 0.279. The van der Waals surface area contributed by atoms with Gasteiger partial charge < -0.3 is 4.57 Å². The second kappa shape index (κ2) is 8.28. The summed E-state index contributed by atoms with van der Waals surface area (Å²) in [4.78, 5) is 4.90. The molecule has 6 unspecified atom stereocenters. The predicted octanol–water partition coefficient (Wildman–Crippen LogP) is 7.70. The first-order chi connectivity index (χ1) is 14.1. The highest BCUT2D eigenvalue weighted by molar-refractivity contribution is 5.66. The van der Waals surface area contributed by atoms with E-state index in [0.29, 0.717) is 6.04 Å². The Bertz CT molecular complexity index is 840. The average molecular weight is 393 g/mol. The number of nitrogens with zero attached hydrogens (tertiary/aromatic N) is 2. The maximum atomic E-state index is 4.90. The highest BCUT2D eigenvalue weighted by atomic mass is 15.1. The summed E-state index contributed by atoms with van der Waals surface area (Å²) < 4.78 is 2.59. The number of rotatable bonds is 2. The zero-order valence-electron chi connectivity index (χ0n) is 19.4. The van der Waals surface area contributed by atoms with E-state index in [1.807, 2.05) is 13.8 Å². The van der Waals surface area contributed by atoms with Gasteiger partial charge in [0.25, 0.3) is 0 Å². The van der Waals surface area contributed by atoms with E-state index in [9.17, 15) is 0 Å². The molecule has 2 aromatic rings. The van der Waals surface area contributed by atoms with Crippen molar-refractivity contribution < 1.29 is 0 Å². The number of benzene rings is 1. The van der Waals surface area contributed by atoms with Gasteiger partial charge in [-0.15, -0.1) is 0 Å². The minimum atomic E-state index is 0.680. The number of hydrogen-bond donors (Lipinski definition) is 0. The second-order valence-corrected chi connectivity index (χ2v) is 9.49. The number of fused-ring (bicyclic) bond motifs is 10. The van der Waals surface area contributed by atoms with Crippen molar-refractivity contribution in [2.24, 2.45) is 23.7 Å². The SMILES string of the molecule is CC.CCC1CC1CC.Cc1nc2n(c1C)C1C3CCC(C3)C1c1ccccc1-2. The summed E-state index contributed by atoms with van der Waals surface area (Å²) in [6.07, 6.45) is 8.64. The van der Waals surface area contributed by atoms with Crippen molar-refractivity contribution in [3.05, 3.63) is 41.2 Å². The third kappa shape index (κ3) is 3.37. The Labute approximate surface area is 178 Å². The Morgan fingerprint density at radius 3 is 2.24 bits per heavy atom. The van der Waals surface area contributed by atoms with Gasteiger partial charge in [0.1, 0.15) is 5.82 Å². The van der Waals surface area contributed by atoms with Crippen LogP contribution in [0.25, 0.3) is 11.4 Å². The van der Waals surface area contributed by atoms with E-state index >= 15 is 0 Å². The molecule has 1 aromatic carbocycles. The summed E-state index contributed by atoms with van der Waals surface area (Å²) in [7, 11) is 0. The highest BCUT2D eigenvalue weighted by Crippen LogP contribution is 2.62. The van der Waals surface area contributed by atoms with E-state index in [4.69, 9.17) is 4.98 Å². The average Bonchev–Trinajstić information content (AvgIpc) is 3.06. The third-order valence-corrected chi connectivity index (χ3v) is 8.24. The maximum Gasteiger partial charge on any atom is 0.141 e. The van der Waals surface area contributed by atoms with Crippen LogP contribution >= 0.6 is 0 Å². The highest BCUT2D eigenvalue weighted by Gasteiger charge is 2.52. The van der Waals surface area contributed by atoms with Crippen LogP contribution in [-0.2, 0) is 0 Å². The molecule has 29 heavy (non-hydrogen) atoms. The lowest BCUT2D eigenvalue weighted by Crippen LogP contribution is -2.29. The van der Waals surface area contributed by atoms with Crippen LogP contribution in [0.2, 0.25) is 0 Å². The van der Waals surface area contributed by atoms with Gasteiger partial charge in [-0.1, -0.05) is 64.8 Å². The van der Waals surface area contributed by atoms with Gasteiger partial charge in [0.2, 0.25) is 0 Å². The largest absolute Gasteiger partial charge is 0.324 e. The normalized spacial score (nSPS) is 32.2. The van der Waals surface area contributed by atoms with E-state index < -0.39 is 0 Å². The molecule has 3 fully saturated rings. The van der Waals surface area contributed by atoms with Gasteiger partial charge in [0.05, 0.1) is 5.69 Å². The van der Waals surface area contributed by atoms with E-state index in [2.05, 4.69) is 56.5 Å². The fourth-order valence-electron chi connectivity index (χ4n) is 6.55. The maximum absolute atomic E-state index is 4.90. The summed E-state index contributed by atoms with van der Waals surface area (Å²) in [5, 5.41) is 0. The fraction of sp³-hybridized carbons (Fsp3) is 0.667. The van der Waals surface area contributed by atoms with Crippen molar-refractivity contribution in [1.82, 2.24) is 9.55 Å². The van der Waals surface area contributed by atoms with Gasteiger partial charge in [-0.05, 0) is 68.8 Å². The summed E-state index contributed by atoms with van der Waals surface area (Å²) in [6, 6.07) is 9.68. The molecule has 0 N–H and O–H groups in total. The van der Waals surface area contributed by atoms with Crippen LogP contribution in [0, 0.1) is 37.5 Å². The number of aromatic nitrogens is 2. The van der Waals surface area contributed by atoms with Crippen molar-refractivity contribution >= 4 is 0 Å². The van der Waals surface area contributed by atoms with Crippen LogP contribution in [-0.4, -0.2) is 9.55 Å². The summed E-state index contributed by atoms with van der Waals surface area (Å²) in [5.74, 6) is 5.98. The molecule has 2 nitrogen and oxygen atoms in total. The van der Waals surface area contributed by atoms with Gasteiger partial charge in [-0.3, -0.25) is 0 Å². The lowest BCUT2D eigenvalue weighted by Gasteiger charge is -2.38. The first-order valence-electron chi connectivity index (χ1n) is 12.3. The van der Waals surface area contributed by atoms with E-state index in [1.165, 1.54) is 61.3 Å². The Morgan fingerprint density at radius 2 is 1.59 bits per heavy atom. The van der Waals surface area contributed by atoms with Crippen molar-refractivity contribution in [3.8, 4) is 11.4 Å². The topological polar surface area (TPSA) is 17.8 Å². The molecule has 0 saturated heterocycles. The van der Waals surface area contributed by atoms with Crippen LogP contribution in [0.1, 0.15) is 95.1 Å². The quantitative estimate of drug-likeness (QED) is 0.512. The standard InChI is InChI=1S/C18H20N2.C7H14.C2H6/c1-10-11(2)20-17-13-8-7-12(9-13)16(17)14-5-3-4-6-15(14)18(20)19-10;1-3-6-5-7(6)4-2;1-2/h3-6,12-13,16-17H,7-9H2,1-2H3;6-7H,3-5H2,1-2H3;1-2H3. The number of aryl methyl sites for hydroxylation is 1. The lowest BCUT2D eigenvalue weighted by atomic mass is 9.75. The van der Waals surface area contributed by atoms with Crippen LogP contribution < -0.4 is 0 Å². The molecule has 0 radical (unpaired) electrons. The monoisotopic (exact) mass is 392 g/mol. The number of imidazole rings is 1. The van der Waals surface area contributed by atoms with E-state index in [-0.39, 0.29) is 0 Å². The summed E-state index contributed by atoms with van der Waals surface area (Å²) in [5.41, 5.74) is 5.55. The molecule has 1 aliphatic heterocycles. The molecule has 2 bridgehead atoms. The summed E-state index contributed by atoms with van der Waals surface area (Å²) in [6.45, 7) is 13.0. The first kappa shape index (κ1) is 20.7. The Morgan fingerprint density at radius 1 is 0.931 bits per heavy atom. The van der Waals surface area contributed by atoms with Crippen molar-refractivity contribution in [2.75, 3.05) is 0 Å². The molecule has 158 valence electrons. The molecule has 2 heteroatoms. The second-order valence-electron chi connectivity index (χ2n) is 9.49. The van der Waals surface area contributed by atoms with Gasteiger partial charge >= 0.3 is 0 Å². The fourth-order valence-corrected chi connectivity index (χ4v) is 6.55. The third-order valence-electron chi connectivity index (χ3n) is 8.24. The molecule has 1 aromatic heterocycles. The Hall–Kier alpha value is -1.57. The molecule has 0 spiro atoms. The molecule has 3 saturated carbocycles. The van der Waals surface area contributed by atoms with Crippen molar-refractivity contribution in [3.63, 3.8) is 0 Å². The predicted molar refractivity (Wildman–Crippen MR) is 123 cm³/mol. The molecule has 0 amide bonds. The van der Waals surface area contributed by atoms with E-state index in [0.717, 1.165) is 29.6 Å². The first-order valence-corrected chi connectivity index (χ1v) is 12.3. The molecule has 2 heterocycles. The van der Waals surface area contributed by atoms with E-state index in [1.54, 1.807) is 5.56 Å². The van der Waals surface area contributed by atoms with Crippen LogP contribution in [0.15, 0.2) is 24.3 Å². The van der Waals surface area contributed by atoms with Crippen LogP contribution in [0.4, 0.5) is 0 Å². The Balaban J connectivity index is 0.000000193. The zero-order valence-corrected chi connectivity index (χ0v) is 19.4. The number of hydrogen-bond acceptors (Lipinski definition) is 1. The van der Waals surface area contributed by atoms with Crippen LogP contribution in [0.5, 0.6) is 0 Å². The van der Waals surface area contributed by atoms with Gasteiger partial charge in [-0.2, -0.15) is 0 Å². The van der Waals surface area contributed by atoms with Crippen molar-refractivity contribution in [1.29, 1.82) is 0 Å².